The Balaban J connectivity index is 1.42. The van der Waals surface area contributed by atoms with Gasteiger partial charge in [-0.05, 0) is 48.7 Å². The average Bonchev–Trinajstić information content (AvgIpc) is 3.27. The molecule has 1 N–H and O–H groups in total. The van der Waals surface area contributed by atoms with Crippen LogP contribution in [0.2, 0.25) is 0 Å². The molecule has 4 rings (SSSR count). The second-order valence-electron chi connectivity index (χ2n) is 6.75. The van der Waals surface area contributed by atoms with E-state index in [-0.39, 0.29) is 12.0 Å². The number of nitrogens with zero attached hydrogens (tertiary/aromatic N) is 1. The predicted molar refractivity (Wildman–Crippen MR) is 107 cm³/mol. The molecule has 0 aliphatic carbocycles. The fraction of sp³-hybridized carbons (Fsp3) is 0.217. The standard InChI is InChI=1S/C23H22N2O3/c26-23(25-16-22-7-4-12-27-22)19-13-18(14-24-15-19)17-8-10-21(11-9-17)28-20-5-2-1-3-6-20/h1-3,5-6,8-11,13-15,22H,4,7,12,16H2,(H,25,26). The van der Waals surface area contributed by atoms with Gasteiger partial charge in [0.15, 0.2) is 0 Å². The van der Waals surface area contributed by atoms with E-state index >= 15 is 0 Å². The van der Waals surface area contributed by atoms with Crippen LogP contribution in [0.25, 0.3) is 11.1 Å². The van der Waals surface area contributed by atoms with Gasteiger partial charge in [0, 0.05) is 31.1 Å². The minimum atomic E-state index is -0.131. The number of hydrogen-bond acceptors (Lipinski definition) is 4. The van der Waals surface area contributed by atoms with Gasteiger partial charge in [-0.25, -0.2) is 0 Å². The zero-order valence-electron chi connectivity index (χ0n) is 15.5. The van der Waals surface area contributed by atoms with Gasteiger partial charge in [-0.2, -0.15) is 0 Å². The lowest BCUT2D eigenvalue weighted by Crippen LogP contribution is -2.31. The first kappa shape index (κ1) is 18.2. The number of rotatable bonds is 6. The van der Waals surface area contributed by atoms with E-state index in [2.05, 4.69) is 10.3 Å². The Hall–Kier alpha value is -3.18. The summed E-state index contributed by atoms with van der Waals surface area (Å²) in [6.45, 7) is 1.32. The van der Waals surface area contributed by atoms with Crippen molar-refractivity contribution < 1.29 is 14.3 Å². The first-order chi connectivity index (χ1) is 13.8. The van der Waals surface area contributed by atoms with Crippen molar-refractivity contribution >= 4 is 5.91 Å². The van der Waals surface area contributed by atoms with Crippen LogP contribution in [-0.4, -0.2) is 30.1 Å². The van der Waals surface area contributed by atoms with Crippen molar-refractivity contribution in [2.45, 2.75) is 18.9 Å². The van der Waals surface area contributed by atoms with Crippen molar-refractivity contribution in [3.63, 3.8) is 0 Å². The highest BCUT2D eigenvalue weighted by atomic mass is 16.5. The lowest BCUT2D eigenvalue weighted by molar-refractivity contribution is 0.0857. The van der Waals surface area contributed by atoms with Crippen LogP contribution in [0.1, 0.15) is 23.2 Å². The maximum absolute atomic E-state index is 12.4. The van der Waals surface area contributed by atoms with Gasteiger partial charge in [0.2, 0.25) is 0 Å². The number of nitrogens with one attached hydrogen (secondary N) is 1. The van der Waals surface area contributed by atoms with Crippen LogP contribution in [-0.2, 0) is 4.74 Å². The Kier molecular flexibility index (Phi) is 5.64. The Labute approximate surface area is 164 Å². The summed E-state index contributed by atoms with van der Waals surface area (Å²) in [6, 6.07) is 19.2. The molecular weight excluding hydrogens is 352 g/mol. The van der Waals surface area contributed by atoms with Crippen molar-refractivity contribution in [1.82, 2.24) is 10.3 Å². The monoisotopic (exact) mass is 374 g/mol. The minimum absolute atomic E-state index is 0.122. The molecule has 0 spiro atoms. The number of benzene rings is 2. The zero-order chi connectivity index (χ0) is 19.2. The number of para-hydroxylation sites is 1. The third-order valence-corrected chi connectivity index (χ3v) is 4.68. The molecule has 0 radical (unpaired) electrons. The molecule has 2 heterocycles. The largest absolute Gasteiger partial charge is 0.457 e. The molecule has 1 atom stereocenters. The van der Waals surface area contributed by atoms with E-state index in [4.69, 9.17) is 9.47 Å². The maximum atomic E-state index is 12.4. The van der Waals surface area contributed by atoms with Crippen LogP contribution in [0.3, 0.4) is 0 Å². The van der Waals surface area contributed by atoms with Crippen molar-refractivity contribution in [2.24, 2.45) is 0 Å². The molecule has 3 aromatic rings. The second-order valence-corrected chi connectivity index (χ2v) is 6.75. The van der Waals surface area contributed by atoms with Gasteiger partial charge in [-0.3, -0.25) is 9.78 Å². The maximum Gasteiger partial charge on any atom is 0.252 e. The van der Waals surface area contributed by atoms with Crippen LogP contribution in [0.4, 0.5) is 0 Å². The average molecular weight is 374 g/mol. The summed E-state index contributed by atoms with van der Waals surface area (Å²) < 4.78 is 11.4. The number of hydrogen-bond donors (Lipinski definition) is 1. The summed E-state index contributed by atoms with van der Waals surface area (Å²) in [4.78, 5) is 16.6. The van der Waals surface area contributed by atoms with Crippen molar-refractivity contribution in [1.29, 1.82) is 0 Å². The van der Waals surface area contributed by atoms with Gasteiger partial charge in [-0.15, -0.1) is 0 Å². The molecular formula is C23H22N2O3. The zero-order valence-corrected chi connectivity index (χ0v) is 15.5. The van der Waals surface area contributed by atoms with Gasteiger partial charge in [0.1, 0.15) is 11.5 Å². The molecule has 1 fully saturated rings. The number of aromatic nitrogens is 1. The van der Waals surface area contributed by atoms with Gasteiger partial charge in [-0.1, -0.05) is 30.3 Å². The third kappa shape index (κ3) is 4.56. The Morgan fingerprint density at radius 3 is 2.57 bits per heavy atom. The molecule has 1 saturated heterocycles. The van der Waals surface area contributed by atoms with E-state index in [9.17, 15) is 4.79 Å². The normalized spacial score (nSPS) is 15.9. The molecule has 5 nitrogen and oxygen atoms in total. The van der Waals surface area contributed by atoms with Crippen molar-refractivity contribution in [3.05, 3.63) is 78.6 Å². The molecule has 2 aromatic carbocycles. The molecule has 1 aliphatic rings. The number of carbonyl (C=O) groups excluding carboxylic acids is 1. The summed E-state index contributed by atoms with van der Waals surface area (Å²) in [5.41, 5.74) is 2.40. The van der Waals surface area contributed by atoms with E-state index in [0.717, 1.165) is 42.1 Å². The smallest absolute Gasteiger partial charge is 0.252 e. The Morgan fingerprint density at radius 1 is 1.04 bits per heavy atom. The number of pyridine rings is 1. The quantitative estimate of drug-likeness (QED) is 0.692. The SMILES string of the molecule is O=C(NCC1CCCO1)c1cncc(-c2ccc(Oc3ccccc3)cc2)c1. The Morgan fingerprint density at radius 2 is 1.82 bits per heavy atom. The Bertz CT molecular complexity index is 920. The topological polar surface area (TPSA) is 60.5 Å². The highest BCUT2D eigenvalue weighted by molar-refractivity contribution is 5.95. The lowest BCUT2D eigenvalue weighted by atomic mass is 10.1. The first-order valence-electron chi connectivity index (χ1n) is 9.46. The van der Waals surface area contributed by atoms with Crippen molar-refractivity contribution in [2.75, 3.05) is 13.2 Å². The van der Waals surface area contributed by atoms with E-state index < -0.39 is 0 Å². The van der Waals surface area contributed by atoms with E-state index in [1.807, 2.05) is 60.7 Å². The molecule has 1 aromatic heterocycles. The summed E-state index contributed by atoms with van der Waals surface area (Å²) >= 11 is 0. The number of ether oxygens (including phenoxy) is 2. The molecule has 142 valence electrons. The molecule has 5 heteroatoms. The van der Waals surface area contributed by atoms with Crippen LogP contribution >= 0.6 is 0 Å². The molecule has 0 bridgehead atoms. The fourth-order valence-electron chi connectivity index (χ4n) is 3.18. The van der Waals surface area contributed by atoms with E-state index in [1.165, 1.54) is 0 Å². The molecule has 0 saturated carbocycles. The molecule has 1 unspecified atom stereocenters. The van der Waals surface area contributed by atoms with Crippen LogP contribution in [0.15, 0.2) is 73.1 Å². The fourth-order valence-corrected chi connectivity index (χ4v) is 3.18. The number of carbonyl (C=O) groups is 1. The summed E-state index contributed by atoms with van der Waals surface area (Å²) in [6.07, 6.45) is 5.51. The summed E-state index contributed by atoms with van der Waals surface area (Å²) in [5, 5.41) is 2.93. The van der Waals surface area contributed by atoms with Crippen LogP contribution in [0.5, 0.6) is 11.5 Å². The predicted octanol–water partition coefficient (Wildman–Crippen LogP) is 4.45. The van der Waals surface area contributed by atoms with Crippen molar-refractivity contribution in [3.8, 4) is 22.6 Å². The lowest BCUT2D eigenvalue weighted by Gasteiger charge is -2.11. The molecule has 1 amide bonds. The van der Waals surface area contributed by atoms with Crippen LogP contribution < -0.4 is 10.1 Å². The number of amides is 1. The van der Waals surface area contributed by atoms with Gasteiger partial charge >= 0.3 is 0 Å². The highest BCUT2D eigenvalue weighted by Crippen LogP contribution is 2.25. The van der Waals surface area contributed by atoms with Gasteiger partial charge in [0.05, 0.1) is 11.7 Å². The molecule has 28 heavy (non-hydrogen) atoms. The third-order valence-electron chi connectivity index (χ3n) is 4.68. The van der Waals surface area contributed by atoms with E-state index in [1.54, 1.807) is 12.4 Å². The molecule has 1 aliphatic heterocycles. The highest BCUT2D eigenvalue weighted by Gasteiger charge is 2.17. The first-order valence-corrected chi connectivity index (χ1v) is 9.46. The second kappa shape index (κ2) is 8.67. The van der Waals surface area contributed by atoms with Gasteiger partial charge < -0.3 is 14.8 Å². The minimum Gasteiger partial charge on any atom is -0.457 e. The summed E-state index contributed by atoms with van der Waals surface area (Å²) in [7, 11) is 0. The van der Waals surface area contributed by atoms with E-state index in [0.29, 0.717) is 12.1 Å². The van der Waals surface area contributed by atoms with Gasteiger partial charge in [0.25, 0.3) is 5.91 Å². The van der Waals surface area contributed by atoms with Crippen LogP contribution in [0, 0.1) is 0 Å². The summed E-state index contributed by atoms with van der Waals surface area (Å²) in [5.74, 6) is 1.42.